The number of benzene rings is 1. The van der Waals surface area contributed by atoms with Crippen molar-refractivity contribution in [2.75, 3.05) is 23.5 Å². The molecule has 0 fully saturated rings. The number of nitrogens with one attached hydrogen (secondary N) is 1. The van der Waals surface area contributed by atoms with Crippen molar-refractivity contribution >= 4 is 17.6 Å². The highest BCUT2D eigenvalue weighted by molar-refractivity contribution is 5.81. The normalized spacial score (nSPS) is 13.2. The highest BCUT2D eigenvalue weighted by atomic mass is 19.3. The van der Waals surface area contributed by atoms with Gasteiger partial charge in [-0.2, -0.15) is 10.1 Å². The van der Waals surface area contributed by atoms with Crippen LogP contribution >= 0.6 is 0 Å². The van der Waals surface area contributed by atoms with Gasteiger partial charge in [-0.25, -0.2) is 13.6 Å². The van der Waals surface area contributed by atoms with Crippen LogP contribution in [0.1, 0.15) is 24.0 Å². The number of pyridine rings is 1. The molecule has 2 aromatic heterocycles. The highest BCUT2D eigenvalue weighted by Crippen LogP contribution is 2.38. The number of halogens is 2. The Labute approximate surface area is 177 Å². The number of carboxylic acid groups (broad SMARTS) is 1. The summed E-state index contributed by atoms with van der Waals surface area (Å²) >= 11 is 0. The van der Waals surface area contributed by atoms with Crippen molar-refractivity contribution < 1.29 is 23.4 Å². The number of ether oxygens (including phenoxy) is 1. The Hall–Kier alpha value is -3.69. The van der Waals surface area contributed by atoms with E-state index in [9.17, 15) is 13.6 Å². The van der Waals surface area contributed by atoms with Crippen LogP contribution in [0.15, 0.2) is 42.7 Å². The molecule has 1 amide bonds. The van der Waals surface area contributed by atoms with Gasteiger partial charge in [-0.3, -0.25) is 10.00 Å². The van der Waals surface area contributed by atoms with Gasteiger partial charge in [0.25, 0.3) is 6.43 Å². The number of anilines is 2. The van der Waals surface area contributed by atoms with Crippen molar-refractivity contribution in [1.82, 2.24) is 14.8 Å². The molecule has 3 aromatic rings. The second-order valence-electron chi connectivity index (χ2n) is 7.20. The number of hydrogen-bond donors (Lipinski definition) is 2. The summed E-state index contributed by atoms with van der Waals surface area (Å²) in [4.78, 5) is 16.7. The van der Waals surface area contributed by atoms with Crippen LogP contribution in [0, 0.1) is 0 Å². The first-order chi connectivity index (χ1) is 14.9. The SMILES string of the molecule is Cn1cc(-c2cc3c(cc2C(F)F)N(COc2cccc(NC(=O)O)n2)CCC3)cn1. The summed E-state index contributed by atoms with van der Waals surface area (Å²) in [6.07, 6.45) is 1.08. The van der Waals surface area contributed by atoms with Crippen molar-refractivity contribution in [2.24, 2.45) is 7.05 Å². The molecule has 0 saturated carbocycles. The van der Waals surface area contributed by atoms with Gasteiger partial charge in [0.2, 0.25) is 5.88 Å². The Morgan fingerprint density at radius 3 is 2.90 bits per heavy atom. The Morgan fingerprint density at radius 2 is 2.19 bits per heavy atom. The van der Waals surface area contributed by atoms with Crippen LogP contribution in [-0.2, 0) is 13.5 Å². The maximum atomic E-state index is 13.9. The van der Waals surface area contributed by atoms with E-state index in [1.165, 1.54) is 12.1 Å². The van der Waals surface area contributed by atoms with E-state index in [2.05, 4.69) is 15.4 Å². The van der Waals surface area contributed by atoms with Crippen LogP contribution in [0.25, 0.3) is 11.1 Å². The fourth-order valence-corrected chi connectivity index (χ4v) is 3.67. The maximum Gasteiger partial charge on any atom is 0.410 e. The minimum atomic E-state index is -2.63. The molecule has 0 unspecified atom stereocenters. The van der Waals surface area contributed by atoms with Gasteiger partial charge in [-0.05, 0) is 42.2 Å². The summed E-state index contributed by atoms with van der Waals surface area (Å²) in [5.41, 5.74) is 2.76. The van der Waals surface area contributed by atoms with E-state index in [0.29, 0.717) is 23.4 Å². The minimum Gasteiger partial charge on any atom is -0.465 e. The predicted molar refractivity (Wildman–Crippen MR) is 111 cm³/mol. The van der Waals surface area contributed by atoms with Crippen LogP contribution in [0.2, 0.25) is 0 Å². The number of nitrogens with zero attached hydrogens (tertiary/aromatic N) is 4. The Balaban J connectivity index is 1.59. The summed E-state index contributed by atoms with van der Waals surface area (Å²) in [6, 6.07) is 8.07. The van der Waals surface area contributed by atoms with Crippen molar-refractivity contribution in [3.05, 3.63) is 53.9 Å². The summed E-state index contributed by atoms with van der Waals surface area (Å²) < 4.78 is 35.1. The molecule has 0 bridgehead atoms. The van der Waals surface area contributed by atoms with E-state index in [1.807, 2.05) is 11.0 Å². The van der Waals surface area contributed by atoms with Crippen molar-refractivity contribution in [3.8, 4) is 17.0 Å². The Bertz CT molecular complexity index is 1100. The molecule has 31 heavy (non-hydrogen) atoms. The monoisotopic (exact) mass is 429 g/mol. The molecule has 1 aliphatic rings. The maximum absolute atomic E-state index is 13.9. The lowest BCUT2D eigenvalue weighted by atomic mass is 9.93. The van der Waals surface area contributed by atoms with E-state index in [0.717, 1.165) is 18.4 Å². The van der Waals surface area contributed by atoms with Crippen LogP contribution in [0.3, 0.4) is 0 Å². The standard InChI is InChI=1S/C21H21F2N5O3/c1-27-11-14(10-24-27)15-8-13-4-3-7-28(17(13)9-16(15)20(22)23)12-31-19-6-2-5-18(25-19)26-21(29)30/h2,5-6,8-11,20H,3-4,7,12H2,1H3,(H,25,26)(H,29,30). The molecular formula is C21H21F2N5O3. The molecule has 2 N–H and O–H groups in total. The Kier molecular flexibility index (Phi) is 5.70. The molecule has 1 aliphatic heterocycles. The number of rotatable bonds is 6. The quantitative estimate of drug-likeness (QED) is 0.607. The van der Waals surface area contributed by atoms with Gasteiger partial charge < -0.3 is 14.7 Å². The molecule has 3 heterocycles. The lowest BCUT2D eigenvalue weighted by Crippen LogP contribution is -2.33. The minimum absolute atomic E-state index is 0.0515. The van der Waals surface area contributed by atoms with E-state index in [1.54, 1.807) is 36.3 Å². The second kappa shape index (κ2) is 8.58. The van der Waals surface area contributed by atoms with Crippen molar-refractivity contribution in [1.29, 1.82) is 0 Å². The van der Waals surface area contributed by atoms with Gasteiger partial charge in [-0.1, -0.05) is 6.07 Å². The second-order valence-corrected chi connectivity index (χ2v) is 7.20. The zero-order valence-electron chi connectivity index (χ0n) is 16.8. The molecular weight excluding hydrogens is 408 g/mol. The molecule has 0 saturated heterocycles. The van der Waals surface area contributed by atoms with E-state index >= 15 is 0 Å². The zero-order chi connectivity index (χ0) is 22.0. The third kappa shape index (κ3) is 4.57. The largest absolute Gasteiger partial charge is 0.465 e. The number of aromatic nitrogens is 3. The van der Waals surface area contributed by atoms with Gasteiger partial charge in [0.15, 0.2) is 6.73 Å². The van der Waals surface area contributed by atoms with Crippen LogP contribution in [0.5, 0.6) is 5.88 Å². The predicted octanol–water partition coefficient (Wildman–Crippen LogP) is 4.30. The third-order valence-corrected chi connectivity index (χ3v) is 5.04. The van der Waals surface area contributed by atoms with E-state index in [-0.39, 0.29) is 24.0 Å². The van der Waals surface area contributed by atoms with Crippen molar-refractivity contribution in [2.45, 2.75) is 19.3 Å². The lowest BCUT2D eigenvalue weighted by Gasteiger charge is -2.32. The van der Waals surface area contributed by atoms with Crippen LogP contribution in [0.4, 0.5) is 25.1 Å². The lowest BCUT2D eigenvalue weighted by molar-refractivity contribution is 0.152. The van der Waals surface area contributed by atoms with Gasteiger partial charge in [0.05, 0.1) is 6.20 Å². The topological polar surface area (TPSA) is 92.5 Å². The van der Waals surface area contributed by atoms with Gasteiger partial charge in [-0.15, -0.1) is 0 Å². The Morgan fingerprint density at radius 1 is 1.35 bits per heavy atom. The first-order valence-corrected chi connectivity index (χ1v) is 9.69. The van der Waals surface area contributed by atoms with Crippen LogP contribution in [-0.4, -0.2) is 39.2 Å². The smallest absolute Gasteiger partial charge is 0.410 e. The summed E-state index contributed by atoms with van der Waals surface area (Å²) in [5.74, 6) is 0.379. The fourth-order valence-electron chi connectivity index (χ4n) is 3.67. The molecule has 0 spiro atoms. The molecule has 0 atom stereocenters. The fraction of sp³-hybridized carbons (Fsp3) is 0.286. The molecule has 0 aliphatic carbocycles. The number of hydrogen-bond acceptors (Lipinski definition) is 5. The number of fused-ring (bicyclic) bond motifs is 1. The first-order valence-electron chi connectivity index (χ1n) is 9.69. The summed E-state index contributed by atoms with van der Waals surface area (Å²) in [6.45, 7) is 0.750. The number of alkyl halides is 2. The van der Waals surface area contributed by atoms with E-state index < -0.39 is 12.5 Å². The average molecular weight is 429 g/mol. The first kappa shape index (κ1) is 20.6. The number of aryl methyl sites for hydroxylation is 2. The summed E-state index contributed by atoms with van der Waals surface area (Å²) in [5, 5.41) is 15.1. The van der Waals surface area contributed by atoms with Gasteiger partial charge in [0.1, 0.15) is 5.82 Å². The highest BCUT2D eigenvalue weighted by Gasteiger charge is 2.24. The molecule has 1 aromatic carbocycles. The van der Waals surface area contributed by atoms with Crippen LogP contribution < -0.4 is 15.0 Å². The zero-order valence-corrected chi connectivity index (χ0v) is 16.8. The number of amides is 1. The summed E-state index contributed by atoms with van der Waals surface area (Å²) in [7, 11) is 1.75. The number of carbonyl (C=O) groups is 1. The average Bonchev–Trinajstić information content (AvgIpc) is 3.17. The molecule has 8 nitrogen and oxygen atoms in total. The molecule has 10 heteroatoms. The molecule has 162 valence electrons. The van der Waals surface area contributed by atoms with Crippen molar-refractivity contribution in [3.63, 3.8) is 0 Å². The molecule has 4 rings (SSSR count). The van der Waals surface area contributed by atoms with Gasteiger partial charge >= 0.3 is 6.09 Å². The van der Waals surface area contributed by atoms with Gasteiger partial charge in [0, 0.05) is 42.7 Å². The third-order valence-electron chi connectivity index (χ3n) is 5.04. The van der Waals surface area contributed by atoms with E-state index in [4.69, 9.17) is 9.84 Å². The molecule has 0 radical (unpaired) electrons.